The van der Waals surface area contributed by atoms with E-state index >= 15 is 0 Å². The van der Waals surface area contributed by atoms with E-state index in [-0.39, 0.29) is 0 Å². The summed E-state index contributed by atoms with van der Waals surface area (Å²) in [7, 11) is 0. The Kier molecular flexibility index (Phi) is 4.12. The predicted octanol–water partition coefficient (Wildman–Crippen LogP) is 2.92. The molecule has 0 spiro atoms. The van der Waals surface area contributed by atoms with Gasteiger partial charge in [0.25, 0.3) is 0 Å². The number of hydrogen-bond donors (Lipinski definition) is 1. The number of rotatable bonds is 3. The minimum absolute atomic E-state index is 0.305. The van der Waals surface area contributed by atoms with Crippen LogP contribution in [0.5, 0.6) is 11.5 Å². The molecular weight excluding hydrogens is 306 g/mol. The fourth-order valence-electron chi connectivity index (χ4n) is 4.57. The minimum atomic E-state index is -0.609. The number of benzene rings is 1. The van der Waals surface area contributed by atoms with Crippen LogP contribution in [0, 0.1) is 11.3 Å². The molecule has 5 nitrogen and oxygen atoms in total. The summed E-state index contributed by atoms with van der Waals surface area (Å²) >= 11 is 0. The van der Waals surface area contributed by atoms with E-state index in [0.717, 1.165) is 69.9 Å². The van der Waals surface area contributed by atoms with Crippen LogP contribution in [0.3, 0.4) is 0 Å². The van der Waals surface area contributed by atoms with E-state index in [1.165, 1.54) is 5.56 Å². The number of likely N-dealkylation sites (tertiary alicyclic amines) is 1. The highest BCUT2D eigenvalue weighted by Gasteiger charge is 2.54. The highest BCUT2D eigenvalue weighted by molar-refractivity contribution is 5.76. The average molecular weight is 331 g/mol. The fraction of sp³-hybridized carbons (Fsp3) is 0.632. The normalized spacial score (nSPS) is 29.8. The molecule has 4 rings (SSSR count). The molecule has 1 aromatic rings. The zero-order chi connectivity index (χ0) is 16.6. The van der Waals surface area contributed by atoms with Gasteiger partial charge in [0.15, 0.2) is 11.5 Å². The van der Waals surface area contributed by atoms with Crippen LogP contribution < -0.4 is 9.47 Å². The Morgan fingerprint density at radius 3 is 2.75 bits per heavy atom. The van der Waals surface area contributed by atoms with Gasteiger partial charge in [0.05, 0.1) is 18.6 Å². The van der Waals surface area contributed by atoms with E-state index in [1.54, 1.807) is 0 Å². The Morgan fingerprint density at radius 2 is 2.00 bits per heavy atom. The van der Waals surface area contributed by atoms with Gasteiger partial charge in [-0.25, -0.2) is 0 Å². The Balaban J connectivity index is 1.48. The fourth-order valence-corrected chi connectivity index (χ4v) is 4.57. The van der Waals surface area contributed by atoms with Crippen molar-refractivity contribution in [3.63, 3.8) is 0 Å². The summed E-state index contributed by atoms with van der Waals surface area (Å²) in [5.74, 6) is 1.33. The van der Waals surface area contributed by atoms with Gasteiger partial charge in [-0.2, -0.15) is 0 Å². The number of aliphatic carboxylic acids is 1. The molecule has 1 N–H and O–H groups in total. The predicted molar refractivity (Wildman–Crippen MR) is 89.4 cm³/mol. The summed E-state index contributed by atoms with van der Waals surface area (Å²) in [6, 6.07) is 6.12. The second-order valence-electron chi connectivity index (χ2n) is 7.41. The summed E-state index contributed by atoms with van der Waals surface area (Å²) in [5, 5.41) is 9.71. The molecule has 0 unspecified atom stereocenters. The molecule has 1 saturated carbocycles. The van der Waals surface area contributed by atoms with E-state index < -0.39 is 11.4 Å². The van der Waals surface area contributed by atoms with Crippen LogP contribution >= 0.6 is 0 Å². The number of carboxylic acid groups (broad SMARTS) is 1. The van der Waals surface area contributed by atoms with Crippen molar-refractivity contribution in [2.45, 2.75) is 38.6 Å². The molecule has 0 amide bonds. The van der Waals surface area contributed by atoms with Gasteiger partial charge in [-0.1, -0.05) is 12.5 Å². The first-order chi connectivity index (χ1) is 11.7. The van der Waals surface area contributed by atoms with Crippen molar-refractivity contribution in [2.24, 2.45) is 11.3 Å². The molecule has 0 radical (unpaired) electrons. The molecule has 2 fully saturated rings. The summed E-state index contributed by atoms with van der Waals surface area (Å²) in [6.07, 6.45) is 4.95. The number of carbonyl (C=O) groups is 1. The lowest BCUT2D eigenvalue weighted by atomic mass is 9.81. The standard InChI is InChI=1S/C19H25NO4/c21-18(22)19-7-3-4-15(19)12-20(13-19)11-14-5-6-16-17(10-14)24-9-2-1-8-23-16/h5-6,10,15H,1-4,7-9,11-13H2,(H,21,22)/t15-,19+/m0/s1. The number of nitrogens with zero attached hydrogens (tertiary/aromatic N) is 1. The lowest BCUT2D eigenvalue weighted by molar-refractivity contribution is -0.149. The van der Waals surface area contributed by atoms with Crippen molar-refractivity contribution < 1.29 is 19.4 Å². The van der Waals surface area contributed by atoms with Gasteiger partial charge >= 0.3 is 5.97 Å². The molecule has 0 bridgehead atoms. The van der Waals surface area contributed by atoms with Crippen LogP contribution in [0.2, 0.25) is 0 Å². The van der Waals surface area contributed by atoms with Crippen LogP contribution in [0.4, 0.5) is 0 Å². The highest BCUT2D eigenvalue weighted by Crippen LogP contribution is 2.49. The van der Waals surface area contributed by atoms with Gasteiger partial charge < -0.3 is 14.6 Å². The van der Waals surface area contributed by atoms with E-state index in [9.17, 15) is 9.90 Å². The first-order valence-electron chi connectivity index (χ1n) is 9.02. The molecule has 5 heteroatoms. The third-order valence-corrected chi connectivity index (χ3v) is 5.84. The van der Waals surface area contributed by atoms with Crippen LogP contribution in [-0.4, -0.2) is 42.3 Å². The van der Waals surface area contributed by atoms with E-state index in [0.29, 0.717) is 12.5 Å². The number of fused-ring (bicyclic) bond motifs is 2. The molecule has 130 valence electrons. The SMILES string of the molecule is O=C(O)[C@@]12CCC[C@H]1CN(Cc1ccc3c(c1)OCCCCO3)C2. The molecule has 3 aliphatic rings. The van der Waals surface area contributed by atoms with E-state index in [2.05, 4.69) is 17.0 Å². The zero-order valence-corrected chi connectivity index (χ0v) is 14.0. The number of carboxylic acids is 1. The molecule has 1 aliphatic carbocycles. The summed E-state index contributed by atoms with van der Waals surface area (Å²) in [6.45, 7) is 3.81. The summed E-state index contributed by atoms with van der Waals surface area (Å²) in [5.41, 5.74) is 0.655. The molecule has 2 atom stereocenters. The maximum Gasteiger partial charge on any atom is 0.311 e. The highest BCUT2D eigenvalue weighted by atomic mass is 16.5. The summed E-state index contributed by atoms with van der Waals surface area (Å²) in [4.78, 5) is 14.1. The second-order valence-corrected chi connectivity index (χ2v) is 7.41. The van der Waals surface area contributed by atoms with Crippen molar-refractivity contribution in [1.82, 2.24) is 4.90 Å². The first-order valence-corrected chi connectivity index (χ1v) is 9.02. The van der Waals surface area contributed by atoms with E-state index in [4.69, 9.17) is 9.47 Å². The van der Waals surface area contributed by atoms with Gasteiger partial charge in [-0.3, -0.25) is 9.69 Å². The maximum absolute atomic E-state index is 11.8. The quantitative estimate of drug-likeness (QED) is 0.923. The number of ether oxygens (including phenoxy) is 2. The zero-order valence-electron chi connectivity index (χ0n) is 14.0. The molecule has 0 aromatic heterocycles. The van der Waals surface area contributed by atoms with Gasteiger partial charge in [0, 0.05) is 19.6 Å². The molecule has 1 saturated heterocycles. The monoisotopic (exact) mass is 331 g/mol. The van der Waals surface area contributed by atoms with E-state index in [1.807, 2.05) is 6.07 Å². The maximum atomic E-state index is 11.8. The van der Waals surface area contributed by atoms with Crippen molar-refractivity contribution in [3.8, 4) is 11.5 Å². The van der Waals surface area contributed by atoms with Crippen molar-refractivity contribution in [1.29, 1.82) is 0 Å². The van der Waals surface area contributed by atoms with Crippen LogP contribution in [0.15, 0.2) is 18.2 Å². The largest absolute Gasteiger partial charge is 0.490 e. The molecular formula is C19H25NO4. The van der Waals surface area contributed by atoms with Crippen molar-refractivity contribution in [3.05, 3.63) is 23.8 Å². The van der Waals surface area contributed by atoms with Crippen molar-refractivity contribution in [2.75, 3.05) is 26.3 Å². The lowest BCUT2D eigenvalue weighted by Crippen LogP contribution is -2.35. The lowest BCUT2D eigenvalue weighted by Gasteiger charge is -2.23. The van der Waals surface area contributed by atoms with Crippen LogP contribution in [0.1, 0.15) is 37.7 Å². The molecule has 24 heavy (non-hydrogen) atoms. The van der Waals surface area contributed by atoms with Crippen molar-refractivity contribution >= 4 is 5.97 Å². The average Bonchev–Trinajstić information content (AvgIpc) is 3.06. The Hall–Kier alpha value is -1.75. The van der Waals surface area contributed by atoms with Gasteiger partial charge in [0.2, 0.25) is 0 Å². The molecule has 2 aliphatic heterocycles. The van der Waals surface area contributed by atoms with Gasteiger partial charge in [-0.05, 0) is 49.3 Å². The Labute approximate surface area is 142 Å². The number of hydrogen-bond acceptors (Lipinski definition) is 4. The first kappa shape index (κ1) is 15.8. The van der Waals surface area contributed by atoms with Gasteiger partial charge in [-0.15, -0.1) is 0 Å². The third-order valence-electron chi connectivity index (χ3n) is 5.84. The third kappa shape index (κ3) is 2.75. The van der Waals surface area contributed by atoms with Crippen LogP contribution in [0.25, 0.3) is 0 Å². The summed E-state index contributed by atoms with van der Waals surface area (Å²) < 4.78 is 11.6. The Bertz CT molecular complexity index is 632. The molecule has 2 heterocycles. The Morgan fingerprint density at radius 1 is 1.21 bits per heavy atom. The minimum Gasteiger partial charge on any atom is -0.490 e. The topological polar surface area (TPSA) is 59.0 Å². The smallest absolute Gasteiger partial charge is 0.311 e. The second kappa shape index (κ2) is 6.28. The van der Waals surface area contributed by atoms with Gasteiger partial charge in [0.1, 0.15) is 0 Å². The van der Waals surface area contributed by atoms with Crippen LogP contribution in [-0.2, 0) is 11.3 Å². The molecule has 1 aromatic carbocycles.